The maximum Gasteiger partial charge on any atom is 0.237 e. The lowest BCUT2D eigenvalue weighted by molar-refractivity contribution is -0.115. The van der Waals surface area contributed by atoms with Crippen LogP contribution in [0.15, 0.2) is 78.0 Å². The Morgan fingerprint density at radius 2 is 1.74 bits per heavy atom. The highest BCUT2D eigenvalue weighted by Crippen LogP contribution is 2.26. The number of benzene rings is 3. The van der Waals surface area contributed by atoms with Gasteiger partial charge in [0.15, 0.2) is 0 Å². The number of nitrogens with zero attached hydrogens (tertiary/aromatic N) is 4. The van der Waals surface area contributed by atoms with Crippen LogP contribution in [-0.2, 0) is 4.79 Å². The van der Waals surface area contributed by atoms with Gasteiger partial charge in [0, 0.05) is 11.1 Å². The predicted molar refractivity (Wildman–Crippen MR) is 107 cm³/mol. The second kappa shape index (κ2) is 7.59. The number of thioether (sulfide) groups is 1. The van der Waals surface area contributed by atoms with E-state index >= 15 is 0 Å². The Morgan fingerprint density at radius 1 is 1.00 bits per heavy atom. The number of carbonyl (C=O) groups excluding carboxylic acids is 1. The van der Waals surface area contributed by atoms with E-state index in [0.717, 1.165) is 22.1 Å². The fourth-order valence-electron chi connectivity index (χ4n) is 2.76. The van der Waals surface area contributed by atoms with E-state index in [4.69, 9.17) is 0 Å². The number of anilines is 1. The van der Waals surface area contributed by atoms with Crippen LogP contribution in [0.3, 0.4) is 0 Å². The predicted octanol–water partition coefficient (Wildman–Crippen LogP) is 3.93. The van der Waals surface area contributed by atoms with E-state index in [-0.39, 0.29) is 11.2 Å². The molecule has 0 spiro atoms. The molecular weight excluding hydrogens is 358 g/mol. The van der Waals surface area contributed by atoms with Crippen LogP contribution in [0.25, 0.3) is 16.5 Å². The summed E-state index contributed by atoms with van der Waals surface area (Å²) in [7, 11) is 0. The van der Waals surface area contributed by atoms with E-state index in [2.05, 4.69) is 20.8 Å². The molecule has 0 aliphatic carbocycles. The molecule has 1 amide bonds. The van der Waals surface area contributed by atoms with Crippen molar-refractivity contribution in [3.05, 3.63) is 72.8 Å². The molecule has 3 aromatic carbocycles. The van der Waals surface area contributed by atoms with E-state index in [1.54, 1.807) is 4.68 Å². The molecule has 1 atom stereocenters. The number of nitrogens with one attached hydrogen (secondary N) is 1. The van der Waals surface area contributed by atoms with Crippen molar-refractivity contribution in [3.8, 4) is 5.69 Å². The van der Waals surface area contributed by atoms with Crippen molar-refractivity contribution in [3.63, 3.8) is 0 Å². The third-order valence-corrected chi connectivity index (χ3v) is 5.17. The molecule has 7 heteroatoms. The fourth-order valence-corrected chi connectivity index (χ4v) is 3.57. The van der Waals surface area contributed by atoms with Crippen LogP contribution in [0.4, 0.5) is 5.69 Å². The summed E-state index contributed by atoms with van der Waals surface area (Å²) >= 11 is 1.32. The van der Waals surface area contributed by atoms with Gasteiger partial charge in [-0.2, -0.15) is 4.68 Å². The van der Waals surface area contributed by atoms with Crippen LogP contribution in [0.1, 0.15) is 6.92 Å². The number of hydrogen-bond acceptors (Lipinski definition) is 5. The van der Waals surface area contributed by atoms with Gasteiger partial charge in [0.05, 0.1) is 10.9 Å². The van der Waals surface area contributed by atoms with Crippen molar-refractivity contribution in [1.29, 1.82) is 0 Å². The van der Waals surface area contributed by atoms with E-state index in [9.17, 15) is 4.79 Å². The average Bonchev–Trinajstić information content (AvgIpc) is 3.17. The number of hydrogen-bond donors (Lipinski definition) is 1. The van der Waals surface area contributed by atoms with Crippen molar-refractivity contribution in [2.75, 3.05) is 5.32 Å². The van der Waals surface area contributed by atoms with Gasteiger partial charge in [0.25, 0.3) is 0 Å². The van der Waals surface area contributed by atoms with Crippen LogP contribution < -0.4 is 5.32 Å². The maximum absolute atomic E-state index is 12.7. The molecule has 134 valence electrons. The number of amides is 1. The molecule has 4 rings (SSSR count). The topological polar surface area (TPSA) is 72.7 Å². The van der Waals surface area contributed by atoms with E-state index in [1.807, 2.05) is 79.7 Å². The molecule has 4 aromatic rings. The summed E-state index contributed by atoms with van der Waals surface area (Å²) in [5, 5.41) is 17.2. The number of rotatable bonds is 5. The molecule has 1 heterocycles. The monoisotopic (exact) mass is 375 g/mol. The van der Waals surface area contributed by atoms with Crippen molar-refractivity contribution in [2.24, 2.45) is 0 Å². The zero-order chi connectivity index (χ0) is 18.6. The van der Waals surface area contributed by atoms with Crippen LogP contribution in [-0.4, -0.2) is 31.4 Å². The first-order valence-corrected chi connectivity index (χ1v) is 9.39. The average molecular weight is 375 g/mol. The lowest BCUT2D eigenvalue weighted by Gasteiger charge is -2.13. The Bertz CT molecular complexity index is 1070. The number of tetrazole rings is 1. The van der Waals surface area contributed by atoms with Crippen LogP contribution in [0, 0.1) is 0 Å². The minimum atomic E-state index is -0.363. The fraction of sp³-hybridized carbons (Fsp3) is 0.100. The summed E-state index contributed by atoms with van der Waals surface area (Å²) in [5.74, 6) is -0.0982. The summed E-state index contributed by atoms with van der Waals surface area (Å²) in [6.45, 7) is 1.84. The number of aromatic nitrogens is 4. The normalized spacial score (nSPS) is 12.0. The minimum absolute atomic E-state index is 0.0982. The minimum Gasteiger partial charge on any atom is -0.325 e. The zero-order valence-electron chi connectivity index (χ0n) is 14.6. The molecule has 0 saturated carbocycles. The van der Waals surface area contributed by atoms with Crippen LogP contribution in [0.2, 0.25) is 0 Å². The van der Waals surface area contributed by atoms with Crippen LogP contribution >= 0.6 is 11.8 Å². The summed E-state index contributed by atoms with van der Waals surface area (Å²) in [6, 6.07) is 23.4. The Hall–Kier alpha value is -3.19. The first kappa shape index (κ1) is 17.2. The molecule has 0 aliphatic rings. The lowest BCUT2D eigenvalue weighted by Crippen LogP contribution is -2.23. The molecule has 0 bridgehead atoms. The van der Waals surface area contributed by atoms with Gasteiger partial charge in [0.1, 0.15) is 0 Å². The van der Waals surface area contributed by atoms with Gasteiger partial charge >= 0.3 is 0 Å². The third kappa shape index (κ3) is 3.68. The summed E-state index contributed by atoms with van der Waals surface area (Å²) < 4.78 is 1.63. The first-order chi connectivity index (χ1) is 13.2. The van der Waals surface area contributed by atoms with Crippen molar-refractivity contribution in [2.45, 2.75) is 17.3 Å². The van der Waals surface area contributed by atoms with E-state index < -0.39 is 0 Å². The van der Waals surface area contributed by atoms with Crippen molar-refractivity contribution in [1.82, 2.24) is 20.2 Å². The lowest BCUT2D eigenvalue weighted by atomic mass is 10.1. The third-order valence-electron chi connectivity index (χ3n) is 4.14. The zero-order valence-corrected chi connectivity index (χ0v) is 15.4. The van der Waals surface area contributed by atoms with E-state index in [0.29, 0.717) is 5.16 Å². The molecule has 1 aromatic heterocycles. The van der Waals surface area contributed by atoms with Crippen molar-refractivity contribution >= 4 is 34.1 Å². The van der Waals surface area contributed by atoms with Gasteiger partial charge in [-0.3, -0.25) is 4.79 Å². The van der Waals surface area contributed by atoms with Gasteiger partial charge < -0.3 is 5.32 Å². The van der Waals surface area contributed by atoms with E-state index in [1.165, 1.54) is 11.8 Å². The largest absolute Gasteiger partial charge is 0.325 e. The Kier molecular flexibility index (Phi) is 4.84. The highest BCUT2D eigenvalue weighted by Gasteiger charge is 2.19. The SMILES string of the molecule is CC(Sc1nnnn1-c1ccccc1)C(=O)Nc1cccc2ccccc12. The Labute approximate surface area is 160 Å². The number of fused-ring (bicyclic) bond motifs is 1. The molecule has 0 saturated heterocycles. The first-order valence-electron chi connectivity index (χ1n) is 8.51. The second-order valence-corrected chi connectivity index (χ2v) is 7.29. The molecule has 6 nitrogen and oxygen atoms in total. The summed E-state index contributed by atoms with van der Waals surface area (Å²) in [4.78, 5) is 12.7. The standard InChI is InChI=1S/C20H17N5OS/c1-14(27-20-22-23-24-25(20)16-10-3-2-4-11-16)19(26)21-18-13-7-9-15-8-5-6-12-17(15)18/h2-14H,1H3,(H,21,26). The molecule has 0 aliphatic heterocycles. The summed E-state index contributed by atoms with van der Waals surface area (Å²) in [6.07, 6.45) is 0. The molecule has 0 fully saturated rings. The maximum atomic E-state index is 12.7. The Balaban J connectivity index is 1.52. The number of carbonyl (C=O) groups is 1. The highest BCUT2D eigenvalue weighted by atomic mass is 32.2. The van der Waals surface area contributed by atoms with Gasteiger partial charge in [-0.05, 0) is 40.9 Å². The number of para-hydroxylation sites is 1. The van der Waals surface area contributed by atoms with Gasteiger partial charge in [0.2, 0.25) is 11.1 Å². The van der Waals surface area contributed by atoms with Gasteiger partial charge in [-0.15, -0.1) is 5.10 Å². The molecule has 1 N–H and O–H groups in total. The smallest absolute Gasteiger partial charge is 0.237 e. The van der Waals surface area contributed by atoms with Gasteiger partial charge in [-0.1, -0.05) is 66.4 Å². The summed E-state index contributed by atoms with van der Waals surface area (Å²) in [5.41, 5.74) is 1.65. The molecule has 1 unspecified atom stereocenters. The highest BCUT2D eigenvalue weighted by molar-refractivity contribution is 8.00. The molecule has 0 radical (unpaired) electrons. The molecule has 27 heavy (non-hydrogen) atoms. The van der Waals surface area contributed by atoms with Crippen molar-refractivity contribution < 1.29 is 4.79 Å². The van der Waals surface area contributed by atoms with Crippen LogP contribution in [0.5, 0.6) is 0 Å². The quantitative estimate of drug-likeness (QED) is 0.535. The second-order valence-electron chi connectivity index (χ2n) is 5.98. The molecular formula is C20H17N5OS. The Morgan fingerprint density at radius 3 is 2.59 bits per heavy atom. The van der Waals surface area contributed by atoms with Gasteiger partial charge in [-0.25, -0.2) is 0 Å².